The number of amides is 2. The number of benzene rings is 1. The normalized spacial score (nSPS) is 18.8. The number of carbonyl (C=O) groups excluding carboxylic acids is 1. The van der Waals surface area contributed by atoms with Crippen molar-refractivity contribution < 1.29 is 36.2 Å². The van der Waals surface area contributed by atoms with Crippen molar-refractivity contribution in [3.8, 4) is 0 Å². The predicted molar refractivity (Wildman–Crippen MR) is 103 cm³/mol. The Hall–Kier alpha value is -1.89. The van der Waals surface area contributed by atoms with E-state index < -0.39 is 27.9 Å². The number of nitrogens with zero attached hydrogens (tertiary/aromatic N) is 1. The molecule has 0 radical (unpaired) electrons. The van der Waals surface area contributed by atoms with Crippen molar-refractivity contribution in [1.29, 1.82) is 0 Å². The first-order valence-corrected chi connectivity index (χ1v) is 11.2. The van der Waals surface area contributed by atoms with Crippen molar-refractivity contribution in [2.75, 3.05) is 45.6 Å². The zero-order chi connectivity index (χ0) is 22.4. The van der Waals surface area contributed by atoms with Crippen LogP contribution in [0.25, 0.3) is 0 Å². The lowest BCUT2D eigenvalue weighted by Gasteiger charge is -2.33. The minimum absolute atomic E-state index is 0.0514. The smallest absolute Gasteiger partial charge is 0.396 e. The van der Waals surface area contributed by atoms with E-state index in [0.717, 1.165) is 18.4 Å². The van der Waals surface area contributed by atoms with E-state index in [2.05, 4.69) is 10.0 Å². The molecule has 0 spiro atoms. The van der Waals surface area contributed by atoms with Crippen LogP contribution in [0.1, 0.15) is 11.1 Å². The molecule has 1 aliphatic heterocycles. The molecule has 2 unspecified atom stereocenters. The fourth-order valence-corrected chi connectivity index (χ4v) is 3.47. The summed E-state index contributed by atoms with van der Waals surface area (Å²) in [6, 6.07) is 4.30. The molecule has 3 N–H and O–H groups in total. The molecule has 2 atom stereocenters. The molecule has 12 heteroatoms. The summed E-state index contributed by atoms with van der Waals surface area (Å²) < 4.78 is 68.0. The quantitative estimate of drug-likeness (QED) is 0.540. The minimum Gasteiger partial charge on any atom is -0.396 e. The molecule has 0 aromatic heterocycles. The number of rotatable bonds is 8. The number of aliphatic hydroxyl groups excluding tert-OH is 1. The van der Waals surface area contributed by atoms with E-state index in [9.17, 15) is 31.5 Å². The predicted octanol–water partition coefficient (Wildman–Crippen LogP) is 0.816. The van der Waals surface area contributed by atoms with Gasteiger partial charge < -0.3 is 20.1 Å². The van der Waals surface area contributed by atoms with Crippen molar-refractivity contribution in [3.63, 3.8) is 0 Å². The number of morpholine rings is 1. The van der Waals surface area contributed by atoms with E-state index in [1.807, 2.05) is 0 Å². The fraction of sp³-hybridized carbons (Fsp3) is 0.611. The van der Waals surface area contributed by atoms with Gasteiger partial charge in [-0.1, -0.05) is 12.1 Å². The highest BCUT2D eigenvalue weighted by atomic mass is 32.2. The van der Waals surface area contributed by atoms with Crippen molar-refractivity contribution in [3.05, 3.63) is 35.4 Å². The Labute approximate surface area is 173 Å². The van der Waals surface area contributed by atoms with Crippen LogP contribution in [0.2, 0.25) is 0 Å². The molecule has 2 amide bonds. The standard InChI is InChI=1S/C18H26F3N3O5S/c1-30(27,28)23-10-16-11-24(6-7-29-16)17(26)22-9-14(12-25)8-13-2-4-15(5-3-13)18(19,20)21/h2-5,14,16,23,25H,6-12H2,1H3,(H,22,26). The second-order valence-corrected chi connectivity index (χ2v) is 9.03. The molecule has 0 bridgehead atoms. The number of aliphatic hydroxyl groups is 1. The lowest BCUT2D eigenvalue weighted by Crippen LogP contribution is -2.53. The van der Waals surface area contributed by atoms with Gasteiger partial charge in [-0.3, -0.25) is 0 Å². The van der Waals surface area contributed by atoms with Gasteiger partial charge in [-0.2, -0.15) is 13.2 Å². The number of urea groups is 1. The van der Waals surface area contributed by atoms with E-state index in [-0.39, 0.29) is 44.8 Å². The lowest BCUT2D eigenvalue weighted by atomic mass is 9.99. The van der Waals surface area contributed by atoms with Crippen LogP contribution >= 0.6 is 0 Å². The van der Waals surface area contributed by atoms with Gasteiger partial charge in [0, 0.05) is 38.7 Å². The first-order valence-electron chi connectivity index (χ1n) is 9.34. The Balaban J connectivity index is 1.83. The summed E-state index contributed by atoms with van der Waals surface area (Å²) in [5.41, 5.74) is -0.123. The highest BCUT2D eigenvalue weighted by Gasteiger charge is 2.30. The summed E-state index contributed by atoms with van der Waals surface area (Å²) in [5, 5.41) is 12.3. The monoisotopic (exact) mass is 453 g/mol. The zero-order valence-electron chi connectivity index (χ0n) is 16.5. The van der Waals surface area contributed by atoms with Gasteiger partial charge in [0.25, 0.3) is 0 Å². The number of halogens is 3. The Morgan fingerprint density at radius 3 is 2.57 bits per heavy atom. The molecule has 30 heavy (non-hydrogen) atoms. The molecule has 8 nitrogen and oxygen atoms in total. The molecule has 1 heterocycles. The number of carbonyl (C=O) groups is 1. The van der Waals surface area contributed by atoms with Crippen LogP contribution in [0, 0.1) is 5.92 Å². The average Bonchev–Trinajstić information content (AvgIpc) is 2.68. The first kappa shape index (κ1) is 24.4. The van der Waals surface area contributed by atoms with Gasteiger partial charge in [-0.15, -0.1) is 0 Å². The fourth-order valence-electron chi connectivity index (χ4n) is 2.98. The summed E-state index contributed by atoms with van der Waals surface area (Å²) in [4.78, 5) is 13.9. The molecular weight excluding hydrogens is 427 g/mol. The van der Waals surface area contributed by atoms with E-state index in [4.69, 9.17) is 4.74 Å². The average molecular weight is 453 g/mol. The molecule has 1 aliphatic rings. The Kier molecular flexibility index (Phi) is 8.47. The van der Waals surface area contributed by atoms with Crippen molar-refractivity contribution in [1.82, 2.24) is 14.9 Å². The van der Waals surface area contributed by atoms with Gasteiger partial charge in [-0.05, 0) is 24.1 Å². The summed E-state index contributed by atoms with van der Waals surface area (Å²) in [5.74, 6) is -0.366. The van der Waals surface area contributed by atoms with Crippen molar-refractivity contribution >= 4 is 16.1 Å². The highest BCUT2D eigenvalue weighted by molar-refractivity contribution is 7.88. The highest BCUT2D eigenvalue weighted by Crippen LogP contribution is 2.29. The van der Waals surface area contributed by atoms with E-state index in [0.29, 0.717) is 18.5 Å². The van der Waals surface area contributed by atoms with Gasteiger partial charge in [0.2, 0.25) is 10.0 Å². The van der Waals surface area contributed by atoms with Crippen LogP contribution in [0.5, 0.6) is 0 Å². The number of hydrogen-bond acceptors (Lipinski definition) is 5. The second kappa shape index (κ2) is 10.4. The van der Waals surface area contributed by atoms with Crippen LogP contribution < -0.4 is 10.0 Å². The topological polar surface area (TPSA) is 108 Å². The number of sulfonamides is 1. The molecule has 1 saturated heterocycles. The zero-order valence-corrected chi connectivity index (χ0v) is 17.3. The number of alkyl halides is 3. The third kappa shape index (κ3) is 8.09. The van der Waals surface area contributed by atoms with Gasteiger partial charge in [0.15, 0.2) is 0 Å². The third-order valence-corrected chi connectivity index (χ3v) is 5.30. The second-order valence-electron chi connectivity index (χ2n) is 7.19. The largest absolute Gasteiger partial charge is 0.416 e. The van der Waals surface area contributed by atoms with Crippen molar-refractivity contribution in [2.45, 2.75) is 18.7 Å². The van der Waals surface area contributed by atoms with E-state index in [1.165, 1.54) is 17.0 Å². The maximum Gasteiger partial charge on any atom is 0.416 e. The Bertz CT molecular complexity index is 802. The van der Waals surface area contributed by atoms with Crippen LogP contribution in [0.4, 0.5) is 18.0 Å². The molecule has 0 aliphatic carbocycles. The van der Waals surface area contributed by atoms with Gasteiger partial charge >= 0.3 is 12.2 Å². The molecule has 1 aromatic carbocycles. The number of ether oxygens (including phenoxy) is 1. The Morgan fingerprint density at radius 1 is 1.33 bits per heavy atom. The van der Waals surface area contributed by atoms with Gasteiger partial charge in [0.05, 0.1) is 24.5 Å². The SMILES string of the molecule is CS(=O)(=O)NCC1CN(C(=O)NCC(CO)Cc2ccc(C(F)(F)F)cc2)CCO1. The van der Waals surface area contributed by atoms with Gasteiger partial charge in [0.1, 0.15) is 0 Å². The van der Waals surface area contributed by atoms with Crippen LogP contribution in [0.15, 0.2) is 24.3 Å². The van der Waals surface area contributed by atoms with Crippen LogP contribution in [-0.2, 0) is 27.4 Å². The van der Waals surface area contributed by atoms with Crippen molar-refractivity contribution in [2.24, 2.45) is 5.92 Å². The van der Waals surface area contributed by atoms with Crippen LogP contribution in [0.3, 0.4) is 0 Å². The van der Waals surface area contributed by atoms with E-state index >= 15 is 0 Å². The summed E-state index contributed by atoms with van der Waals surface area (Å²) >= 11 is 0. The summed E-state index contributed by atoms with van der Waals surface area (Å²) in [6.45, 7) is 0.751. The molecule has 1 fully saturated rings. The molecular formula is C18H26F3N3O5S. The van der Waals surface area contributed by atoms with Gasteiger partial charge in [-0.25, -0.2) is 17.9 Å². The summed E-state index contributed by atoms with van der Waals surface area (Å²) in [6.07, 6.45) is -3.54. The third-order valence-electron chi connectivity index (χ3n) is 4.60. The number of hydrogen-bond donors (Lipinski definition) is 3. The summed E-state index contributed by atoms with van der Waals surface area (Å²) in [7, 11) is -3.37. The van der Waals surface area contributed by atoms with E-state index in [1.54, 1.807) is 0 Å². The Morgan fingerprint density at radius 2 is 2.00 bits per heavy atom. The molecule has 2 rings (SSSR count). The first-order chi connectivity index (χ1) is 14.0. The molecule has 170 valence electrons. The maximum atomic E-state index is 12.6. The van der Waals surface area contributed by atoms with Crippen LogP contribution in [-0.4, -0.2) is 76.2 Å². The molecule has 1 aromatic rings. The lowest BCUT2D eigenvalue weighted by molar-refractivity contribution is -0.137. The maximum absolute atomic E-state index is 12.6. The molecule has 0 saturated carbocycles. The minimum atomic E-state index is -4.41. The number of nitrogens with one attached hydrogen (secondary N) is 2.